The number of H-pyrrole nitrogens is 1. The summed E-state index contributed by atoms with van der Waals surface area (Å²) in [5, 5.41) is 1.05. The fourth-order valence-electron chi connectivity index (χ4n) is 2.43. The summed E-state index contributed by atoms with van der Waals surface area (Å²) in [5.74, 6) is -0.165. The van der Waals surface area contributed by atoms with E-state index in [-0.39, 0.29) is 5.82 Å². The normalized spacial score (nSPS) is 15.6. The average molecular weight is 268 g/mol. The first-order valence-electron chi connectivity index (χ1n) is 5.24. The van der Waals surface area contributed by atoms with E-state index in [1.54, 1.807) is 6.07 Å². The van der Waals surface area contributed by atoms with Gasteiger partial charge in [-0.3, -0.25) is 0 Å². The maximum atomic E-state index is 13.3. The van der Waals surface area contributed by atoms with Crippen molar-refractivity contribution in [3.63, 3.8) is 0 Å². The zero-order valence-electron chi connectivity index (χ0n) is 8.24. The molecule has 15 heavy (non-hydrogen) atoms. The van der Waals surface area contributed by atoms with Crippen molar-refractivity contribution in [2.24, 2.45) is 0 Å². The second-order valence-corrected chi connectivity index (χ2v) is 4.95. The first kappa shape index (κ1) is 9.40. The number of rotatable bonds is 0. The maximum absolute atomic E-state index is 13.3. The lowest BCUT2D eigenvalue weighted by molar-refractivity contribution is 0.628. The van der Waals surface area contributed by atoms with Gasteiger partial charge >= 0.3 is 0 Å². The van der Waals surface area contributed by atoms with Gasteiger partial charge in [-0.1, -0.05) is 0 Å². The predicted molar refractivity (Wildman–Crippen MR) is 62.6 cm³/mol. The van der Waals surface area contributed by atoms with Gasteiger partial charge in [0.05, 0.1) is 5.52 Å². The van der Waals surface area contributed by atoms with E-state index in [4.69, 9.17) is 0 Å². The lowest BCUT2D eigenvalue weighted by atomic mass is 9.96. The summed E-state index contributed by atoms with van der Waals surface area (Å²) in [5.41, 5.74) is 3.65. The maximum Gasteiger partial charge on any atom is 0.125 e. The molecule has 1 heterocycles. The Labute approximate surface area is 95.8 Å². The molecule has 0 saturated carbocycles. The van der Waals surface area contributed by atoms with Gasteiger partial charge in [0.25, 0.3) is 0 Å². The molecule has 0 spiro atoms. The van der Waals surface area contributed by atoms with Crippen LogP contribution in [0.3, 0.4) is 0 Å². The Morgan fingerprint density at radius 1 is 1.20 bits per heavy atom. The summed E-state index contributed by atoms with van der Waals surface area (Å²) in [6.07, 6.45) is 4.62. The number of hydrogen-bond donors (Lipinski definition) is 1. The van der Waals surface area contributed by atoms with E-state index in [2.05, 4.69) is 20.9 Å². The molecule has 1 N–H and O–H groups in total. The molecule has 0 aliphatic heterocycles. The topological polar surface area (TPSA) is 15.8 Å². The third-order valence-electron chi connectivity index (χ3n) is 3.12. The molecule has 0 radical (unpaired) electrons. The zero-order valence-corrected chi connectivity index (χ0v) is 9.83. The van der Waals surface area contributed by atoms with Crippen molar-refractivity contribution in [2.75, 3.05) is 0 Å². The van der Waals surface area contributed by atoms with Crippen LogP contribution in [0.15, 0.2) is 16.6 Å². The molecule has 0 fully saturated rings. The Hall–Kier alpha value is -0.830. The van der Waals surface area contributed by atoms with Gasteiger partial charge in [0, 0.05) is 15.6 Å². The molecule has 1 aromatic heterocycles. The van der Waals surface area contributed by atoms with Crippen molar-refractivity contribution in [3.8, 4) is 0 Å². The van der Waals surface area contributed by atoms with Crippen LogP contribution in [0.4, 0.5) is 4.39 Å². The highest BCUT2D eigenvalue weighted by atomic mass is 79.9. The van der Waals surface area contributed by atoms with Crippen LogP contribution in [0.5, 0.6) is 0 Å². The van der Waals surface area contributed by atoms with Crippen LogP contribution in [0.1, 0.15) is 24.1 Å². The molecular formula is C12H11BrFN. The van der Waals surface area contributed by atoms with Crippen molar-refractivity contribution in [2.45, 2.75) is 25.7 Å². The van der Waals surface area contributed by atoms with Gasteiger partial charge < -0.3 is 4.98 Å². The molecule has 0 atom stereocenters. The Morgan fingerprint density at radius 2 is 2.00 bits per heavy atom. The van der Waals surface area contributed by atoms with E-state index in [0.29, 0.717) is 0 Å². The number of fused-ring (bicyclic) bond motifs is 3. The molecule has 0 unspecified atom stereocenters. The first-order chi connectivity index (χ1) is 7.25. The fraction of sp³-hybridized carbons (Fsp3) is 0.333. The summed E-state index contributed by atoms with van der Waals surface area (Å²) < 4.78 is 14.1. The molecule has 1 aliphatic rings. The first-order valence-corrected chi connectivity index (χ1v) is 6.03. The minimum atomic E-state index is -0.165. The van der Waals surface area contributed by atoms with Gasteiger partial charge in [0.2, 0.25) is 0 Å². The molecular weight excluding hydrogens is 257 g/mol. The van der Waals surface area contributed by atoms with E-state index in [1.807, 2.05) is 0 Å². The predicted octanol–water partition coefficient (Wildman–Crippen LogP) is 3.95. The van der Waals surface area contributed by atoms with Crippen LogP contribution >= 0.6 is 15.9 Å². The second-order valence-electron chi connectivity index (χ2n) is 4.10. The quantitative estimate of drug-likeness (QED) is 0.744. The SMILES string of the molecule is Fc1cc(Br)c2[nH]c3c(c2c1)CCCC3. The van der Waals surface area contributed by atoms with Crippen molar-refractivity contribution >= 4 is 26.8 Å². The van der Waals surface area contributed by atoms with Crippen molar-refractivity contribution in [1.82, 2.24) is 4.98 Å². The molecule has 2 aromatic rings. The summed E-state index contributed by atoms with van der Waals surface area (Å²) in [6, 6.07) is 3.16. The molecule has 0 bridgehead atoms. The number of benzene rings is 1. The number of aryl methyl sites for hydroxylation is 2. The third kappa shape index (κ3) is 1.41. The monoisotopic (exact) mass is 267 g/mol. The van der Waals surface area contributed by atoms with E-state index in [9.17, 15) is 4.39 Å². The van der Waals surface area contributed by atoms with Crippen LogP contribution in [0.25, 0.3) is 10.9 Å². The van der Waals surface area contributed by atoms with E-state index >= 15 is 0 Å². The average Bonchev–Trinajstić information content (AvgIpc) is 2.57. The molecule has 0 saturated heterocycles. The van der Waals surface area contributed by atoms with Crippen molar-refractivity contribution in [3.05, 3.63) is 33.7 Å². The minimum Gasteiger partial charge on any atom is -0.357 e. The summed E-state index contributed by atoms with van der Waals surface area (Å²) >= 11 is 3.40. The van der Waals surface area contributed by atoms with Crippen LogP contribution in [0, 0.1) is 5.82 Å². The number of halogens is 2. The third-order valence-corrected chi connectivity index (χ3v) is 3.75. The smallest absolute Gasteiger partial charge is 0.125 e. The number of aromatic amines is 1. The van der Waals surface area contributed by atoms with Crippen molar-refractivity contribution in [1.29, 1.82) is 0 Å². The lowest BCUT2D eigenvalue weighted by Gasteiger charge is -2.10. The van der Waals surface area contributed by atoms with Crippen LogP contribution in [-0.4, -0.2) is 4.98 Å². The highest BCUT2D eigenvalue weighted by Crippen LogP contribution is 2.33. The molecule has 1 aliphatic carbocycles. The van der Waals surface area contributed by atoms with Gasteiger partial charge in [0.1, 0.15) is 5.82 Å². The number of nitrogens with one attached hydrogen (secondary N) is 1. The zero-order chi connectivity index (χ0) is 10.4. The Bertz CT molecular complexity index is 530. The number of aromatic nitrogens is 1. The number of hydrogen-bond acceptors (Lipinski definition) is 0. The van der Waals surface area contributed by atoms with E-state index in [1.165, 1.54) is 30.2 Å². The standard InChI is InChI=1S/C12H11BrFN/c13-10-6-7(14)5-9-8-3-1-2-4-11(8)15-12(9)10/h5-6,15H,1-4H2. The molecule has 0 amide bonds. The Kier molecular flexibility index (Phi) is 2.09. The molecule has 1 aromatic carbocycles. The largest absolute Gasteiger partial charge is 0.357 e. The highest BCUT2D eigenvalue weighted by Gasteiger charge is 2.17. The van der Waals surface area contributed by atoms with Crippen LogP contribution in [0.2, 0.25) is 0 Å². The van der Waals surface area contributed by atoms with Gasteiger partial charge in [-0.25, -0.2) is 4.39 Å². The van der Waals surface area contributed by atoms with Gasteiger partial charge in [-0.2, -0.15) is 0 Å². The second kappa shape index (κ2) is 3.34. The van der Waals surface area contributed by atoms with Gasteiger partial charge in [-0.15, -0.1) is 0 Å². The Morgan fingerprint density at radius 3 is 2.87 bits per heavy atom. The Balaban J connectivity index is 2.37. The van der Waals surface area contributed by atoms with Crippen molar-refractivity contribution < 1.29 is 4.39 Å². The van der Waals surface area contributed by atoms with Crippen LogP contribution in [-0.2, 0) is 12.8 Å². The van der Waals surface area contributed by atoms with E-state index < -0.39 is 0 Å². The van der Waals surface area contributed by atoms with Gasteiger partial charge in [0.15, 0.2) is 0 Å². The summed E-state index contributed by atoms with van der Waals surface area (Å²) in [7, 11) is 0. The molecule has 78 valence electrons. The van der Waals surface area contributed by atoms with Gasteiger partial charge in [-0.05, 0) is 59.3 Å². The summed E-state index contributed by atoms with van der Waals surface area (Å²) in [4.78, 5) is 3.40. The minimum absolute atomic E-state index is 0.165. The lowest BCUT2D eigenvalue weighted by Crippen LogP contribution is -1.99. The van der Waals surface area contributed by atoms with E-state index in [0.717, 1.165) is 28.2 Å². The summed E-state index contributed by atoms with van der Waals surface area (Å²) in [6.45, 7) is 0. The molecule has 1 nitrogen and oxygen atoms in total. The molecule has 3 heteroatoms. The fourth-order valence-corrected chi connectivity index (χ4v) is 2.96. The molecule has 3 rings (SSSR count). The van der Waals surface area contributed by atoms with Crippen LogP contribution < -0.4 is 0 Å². The highest BCUT2D eigenvalue weighted by molar-refractivity contribution is 9.10.